The zero-order valence-corrected chi connectivity index (χ0v) is 14.7. The van der Waals surface area contributed by atoms with Crippen molar-refractivity contribution >= 4 is 22.8 Å². The van der Waals surface area contributed by atoms with E-state index >= 15 is 0 Å². The van der Waals surface area contributed by atoms with Gasteiger partial charge in [0.25, 0.3) is 5.91 Å². The molecular formula is C18H19N5O3. The van der Waals surface area contributed by atoms with Gasteiger partial charge in [-0.2, -0.15) is 0 Å². The van der Waals surface area contributed by atoms with E-state index in [0.29, 0.717) is 11.4 Å². The van der Waals surface area contributed by atoms with Crippen molar-refractivity contribution in [3.8, 4) is 5.69 Å². The maximum Gasteiger partial charge on any atom is 0.323 e. The molecule has 0 aliphatic rings. The molecular weight excluding hydrogens is 334 g/mol. The first-order valence-electron chi connectivity index (χ1n) is 8.19. The van der Waals surface area contributed by atoms with Gasteiger partial charge < -0.3 is 10.0 Å². The number of fused-ring (bicyclic) bond motifs is 1. The van der Waals surface area contributed by atoms with Crippen LogP contribution in [0.5, 0.6) is 0 Å². The number of benzene rings is 1. The van der Waals surface area contributed by atoms with Gasteiger partial charge in [-0.1, -0.05) is 23.4 Å². The van der Waals surface area contributed by atoms with Crippen LogP contribution in [0.2, 0.25) is 0 Å². The standard InChI is InChI=1S/C18H19N5O3/c1-11(2)22(10-15(24)25)18(26)16-12(3)23(21-20-16)14-8-4-6-13-7-5-9-19-17(13)14/h4-9,11H,10H2,1-3H3,(H,24,25). The van der Waals surface area contributed by atoms with Gasteiger partial charge in [0.05, 0.1) is 16.9 Å². The Morgan fingerprint density at radius 3 is 2.65 bits per heavy atom. The normalized spacial score (nSPS) is 11.1. The quantitative estimate of drug-likeness (QED) is 0.753. The molecule has 0 fully saturated rings. The van der Waals surface area contributed by atoms with E-state index in [1.54, 1.807) is 31.6 Å². The maximum atomic E-state index is 12.8. The number of nitrogens with zero attached hydrogens (tertiary/aromatic N) is 5. The second-order valence-electron chi connectivity index (χ2n) is 6.21. The lowest BCUT2D eigenvalue weighted by molar-refractivity contribution is -0.138. The van der Waals surface area contributed by atoms with Crippen LogP contribution < -0.4 is 0 Å². The Kier molecular flexibility index (Phi) is 4.66. The van der Waals surface area contributed by atoms with Gasteiger partial charge in [-0.25, -0.2) is 4.68 Å². The van der Waals surface area contributed by atoms with E-state index in [1.165, 1.54) is 4.90 Å². The number of carboxylic acid groups (broad SMARTS) is 1. The van der Waals surface area contributed by atoms with Crippen LogP contribution in [0.4, 0.5) is 0 Å². The van der Waals surface area contributed by atoms with E-state index in [1.807, 2.05) is 30.3 Å². The van der Waals surface area contributed by atoms with Crippen molar-refractivity contribution in [3.05, 3.63) is 47.9 Å². The minimum atomic E-state index is -1.07. The topological polar surface area (TPSA) is 101 Å². The van der Waals surface area contributed by atoms with Crippen molar-refractivity contribution in [2.45, 2.75) is 26.8 Å². The molecule has 0 atom stereocenters. The molecule has 1 aromatic carbocycles. The monoisotopic (exact) mass is 353 g/mol. The van der Waals surface area contributed by atoms with E-state index in [2.05, 4.69) is 15.3 Å². The number of carbonyl (C=O) groups excluding carboxylic acids is 1. The highest BCUT2D eigenvalue weighted by Gasteiger charge is 2.26. The van der Waals surface area contributed by atoms with Crippen LogP contribution in [-0.2, 0) is 4.79 Å². The molecule has 0 aliphatic heterocycles. The van der Waals surface area contributed by atoms with Gasteiger partial charge in [0.15, 0.2) is 5.69 Å². The largest absolute Gasteiger partial charge is 0.480 e. The average molecular weight is 353 g/mol. The lowest BCUT2D eigenvalue weighted by Gasteiger charge is -2.24. The molecule has 8 heteroatoms. The highest BCUT2D eigenvalue weighted by molar-refractivity contribution is 5.95. The van der Waals surface area contributed by atoms with Crippen molar-refractivity contribution in [2.24, 2.45) is 0 Å². The highest BCUT2D eigenvalue weighted by atomic mass is 16.4. The fraction of sp³-hybridized carbons (Fsp3) is 0.278. The Bertz CT molecular complexity index is 975. The second kappa shape index (κ2) is 6.91. The Balaban J connectivity index is 2.05. The average Bonchev–Trinajstić information content (AvgIpc) is 2.99. The zero-order chi connectivity index (χ0) is 18.8. The second-order valence-corrected chi connectivity index (χ2v) is 6.21. The molecule has 0 bridgehead atoms. The van der Waals surface area contributed by atoms with Crippen molar-refractivity contribution in [1.82, 2.24) is 24.9 Å². The fourth-order valence-corrected chi connectivity index (χ4v) is 2.79. The molecule has 0 spiro atoms. The van der Waals surface area contributed by atoms with Crippen LogP contribution in [0.25, 0.3) is 16.6 Å². The number of amides is 1. The Morgan fingerprint density at radius 1 is 1.23 bits per heavy atom. The molecule has 26 heavy (non-hydrogen) atoms. The molecule has 134 valence electrons. The molecule has 3 aromatic rings. The number of pyridine rings is 1. The van der Waals surface area contributed by atoms with Gasteiger partial charge in [0.1, 0.15) is 6.54 Å². The van der Waals surface area contributed by atoms with Crippen molar-refractivity contribution < 1.29 is 14.7 Å². The van der Waals surface area contributed by atoms with Gasteiger partial charge in [0, 0.05) is 17.6 Å². The van der Waals surface area contributed by atoms with Crippen LogP contribution in [0, 0.1) is 6.92 Å². The summed E-state index contributed by atoms with van der Waals surface area (Å²) in [4.78, 5) is 29.5. The molecule has 1 amide bonds. The van der Waals surface area contributed by atoms with Gasteiger partial charge in [-0.05, 0) is 32.9 Å². The van der Waals surface area contributed by atoms with Crippen LogP contribution in [0.3, 0.4) is 0 Å². The number of aliphatic carboxylic acids is 1. The summed E-state index contributed by atoms with van der Waals surface area (Å²) in [5, 5.41) is 18.1. The van der Waals surface area contributed by atoms with Gasteiger partial charge in [-0.3, -0.25) is 14.6 Å². The lowest BCUT2D eigenvalue weighted by Crippen LogP contribution is -2.41. The lowest BCUT2D eigenvalue weighted by atomic mass is 10.2. The summed E-state index contributed by atoms with van der Waals surface area (Å²) in [5.74, 6) is -1.53. The summed E-state index contributed by atoms with van der Waals surface area (Å²) >= 11 is 0. The van der Waals surface area contributed by atoms with E-state index < -0.39 is 18.4 Å². The summed E-state index contributed by atoms with van der Waals surface area (Å²) in [6, 6.07) is 9.19. The van der Waals surface area contributed by atoms with E-state index in [-0.39, 0.29) is 11.7 Å². The minimum absolute atomic E-state index is 0.132. The predicted octanol–water partition coefficient (Wildman–Crippen LogP) is 2.06. The highest BCUT2D eigenvalue weighted by Crippen LogP contribution is 2.22. The minimum Gasteiger partial charge on any atom is -0.480 e. The Morgan fingerprint density at radius 2 is 1.96 bits per heavy atom. The number of carboxylic acids is 1. The zero-order valence-electron chi connectivity index (χ0n) is 14.7. The smallest absolute Gasteiger partial charge is 0.323 e. The number of hydrogen-bond acceptors (Lipinski definition) is 5. The van der Waals surface area contributed by atoms with Crippen molar-refractivity contribution in [3.63, 3.8) is 0 Å². The third kappa shape index (κ3) is 3.13. The molecule has 1 N–H and O–H groups in total. The molecule has 0 unspecified atom stereocenters. The third-order valence-electron chi connectivity index (χ3n) is 4.13. The van der Waals surface area contributed by atoms with Gasteiger partial charge >= 0.3 is 5.97 Å². The summed E-state index contributed by atoms with van der Waals surface area (Å²) in [6.45, 7) is 4.86. The van der Waals surface area contributed by atoms with Crippen LogP contribution >= 0.6 is 0 Å². The molecule has 2 aromatic heterocycles. The fourth-order valence-electron chi connectivity index (χ4n) is 2.79. The first-order chi connectivity index (χ1) is 12.4. The molecule has 0 saturated heterocycles. The number of carbonyl (C=O) groups is 2. The van der Waals surface area contributed by atoms with E-state index in [9.17, 15) is 9.59 Å². The molecule has 0 aliphatic carbocycles. The Labute approximate surface area is 150 Å². The van der Waals surface area contributed by atoms with Crippen LogP contribution in [0.15, 0.2) is 36.5 Å². The first kappa shape index (κ1) is 17.5. The number of rotatable bonds is 5. The molecule has 2 heterocycles. The van der Waals surface area contributed by atoms with Gasteiger partial charge in [0.2, 0.25) is 0 Å². The van der Waals surface area contributed by atoms with E-state index in [0.717, 1.165) is 10.9 Å². The molecule has 0 saturated carbocycles. The summed E-state index contributed by atoms with van der Waals surface area (Å²) < 4.78 is 1.56. The summed E-state index contributed by atoms with van der Waals surface area (Å²) in [7, 11) is 0. The van der Waals surface area contributed by atoms with E-state index in [4.69, 9.17) is 5.11 Å². The number of para-hydroxylation sites is 1. The predicted molar refractivity (Wildman–Crippen MR) is 95.2 cm³/mol. The van der Waals surface area contributed by atoms with Crippen molar-refractivity contribution in [1.29, 1.82) is 0 Å². The molecule has 3 rings (SSSR count). The van der Waals surface area contributed by atoms with Gasteiger partial charge in [-0.15, -0.1) is 5.10 Å². The van der Waals surface area contributed by atoms with Crippen LogP contribution in [-0.4, -0.2) is 54.4 Å². The Hall–Kier alpha value is -3.29. The van der Waals surface area contributed by atoms with Crippen LogP contribution in [0.1, 0.15) is 30.0 Å². The SMILES string of the molecule is Cc1c(C(=O)N(CC(=O)O)C(C)C)nnn1-c1cccc2cccnc12. The summed E-state index contributed by atoms with van der Waals surface area (Å²) in [6.07, 6.45) is 1.69. The maximum absolute atomic E-state index is 12.8. The number of aromatic nitrogens is 4. The number of hydrogen-bond donors (Lipinski definition) is 1. The van der Waals surface area contributed by atoms with Crippen molar-refractivity contribution in [2.75, 3.05) is 6.54 Å². The summed E-state index contributed by atoms with van der Waals surface area (Å²) in [5.41, 5.74) is 2.12. The molecule has 0 radical (unpaired) electrons. The first-order valence-corrected chi connectivity index (χ1v) is 8.19. The molecule has 8 nitrogen and oxygen atoms in total. The third-order valence-corrected chi connectivity index (χ3v) is 4.13.